The molecule has 0 aliphatic rings. The van der Waals surface area contributed by atoms with Crippen LogP contribution in [0.2, 0.25) is 0 Å². The lowest BCUT2D eigenvalue weighted by Crippen LogP contribution is -2.09. The molecule has 0 radical (unpaired) electrons. The van der Waals surface area contributed by atoms with E-state index in [4.69, 9.17) is 5.10 Å². The van der Waals surface area contributed by atoms with Crippen LogP contribution >= 0.6 is 11.3 Å². The van der Waals surface area contributed by atoms with E-state index in [9.17, 15) is 5.26 Å². The summed E-state index contributed by atoms with van der Waals surface area (Å²) in [6.07, 6.45) is 3.48. The van der Waals surface area contributed by atoms with Gasteiger partial charge in [-0.05, 0) is 24.1 Å². The second-order valence-electron chi connectivity index (χ2n) is 7.72. The number of para-hydroxylation sites is 1. The lowest BCUT2D eigenvalue weighted by molar-refractivity contribution is 0.890. The Kier molecular flexibility index (Phi) is 5.13. The van der Waals surface area contributed by atoms with Crippen LogP contribution < -0.4 is 5.43 Å². The number of hydrogen-bond donors (Lipinski definition) is 2. The SMILES string of the molecule is CC(C)c1cc2c(NN=C(c3ccccc3C#N)c3c[nH]c4ccccc34)ncnc2s1. The Balaban J connectivity index is 1.66. The van der Waals surface area contributed by atoms with E-state index in [1.165, 1.54) is 4.88 Å². The maximum Gasteiger partial charge on any atom is 0.158 e. The zero-order valence-corrected chi connectivity index (χ0v) is 18.4. The van der Waals surface area contributed by atoms with E-state index in [0.29, 0.717) is 23.0 Å². The number of H-pyrrole nitrogens is 1. The second-order valence-corrected chi connectivity index (χ2v) is 8.78. The zero-order valence-electron chi connectivity index (χ0n) is 17.6. The number of aromatic nitrogens is 3. The van der Waals surface area contributed by atoms with Crippen molar-refractivity contribution in [3.8, 4) is 6.07 Å². The number of rotatable bonds is 5. The minimum absolute atomic E-state index is 0.412. The van der Waals surface area contributed by atoms with Crippen LogP contribution in [0.5, 0.6) is 0 Å². The lowest BCUT2D eigenvalue weighted by atomic mass is 9.98. The fourth-order valence-corrected chi connectivity index (χ4v) is 4.68. The molecule has 2 aromatic carbocycles. The normalized spacial score (nSPS) is 11.9. The Bertz CT molecular complexity index is 1500. The van der Waals surface area contributed by atoms with E-state index >= 15 is 0 Å². The van der Waals surface area contributed by atoms with Gasteiger partial charge >= 0.3 is 0 Å². The summed E-state index contributed by atoms with van der Waals surface area (Å²) in [6, 6.07) is 19.9. The molecule has 0 fully saturated rings. The molecular formula is C25H20N6S. The van der Waals surface area contributed by atoms with Crippen LogP contribution in [-0.4, -0.2) is 20.7 Å². The van der Waals surface area contributed by atoms with Crippen LogP contribution in [0.15, 0.2) is 72.2 Å². The number of thiophene rings is 1. The molecule has 6 nitrogen and oxygen atoms in total. The Morgan fingerprint density at radius 3 is 2.72 bits per heavy atom. The van der Waals surface area contributed by atoms with Gasteiger partial charge in [0, 0.05) is 33.1 Å². The van der Waals surface area contributed by atoms with Crippen LogP contribution in [0.3, 0.4) is 0 Å². The summed E-state index contributed by atoms with van der Waals surface area (Å²) in [7, 11) is 0. The molecule has 5 aromatic rings. The predicted molar refractivity (Wildman–Crippen MR) is 130 cm³/mol. The molecule has 0 aliphatic heterocycles. The molecule has 2 N–H and O–H groups in total. The van der Waals surface area contributed by atoms with Gasteiger partial charge in [-0.1, -0.05) is 50.2 Å². The first-order valence-electron chi connectivity index (χ1n) is 10.3. The average Bonchev–Trinajstić information content (AvgIpc) is 3.45. The Morgan fingerprint density at radius 1 is 1.06 bits per heavy atom. The van der Waals surface area contributed by atoms with Crippen LogP contribution in [0.1, 0.15) is 41.3 Å². The number of nitrogens with zero attached hydrogens (tertiary/aromatic N) is 4. The topological polar surface area (TPSA) is 89.8 Å². The maximum absolute atomic E-state index is 9.71. The fraction of sp³-hybridized carbons (Fsp3) is 0.120. The monoisotopic (exact) mass is 436 g/mol. The minimum atomic E-state index is 0.412. The highest BCUT2D eigenvalue weighted by atomic mass is 32.1. The van der Waals surface area contributed by atoms with Crippen LogP contribution in [0, 0.1) is 11.3 Å². The first-order valence-corrected chi connectivity index (χ1v) is 11.1. The van der Waals surface area contributed by atoms with Crippen LogP contribution in [0.25, 0.3) is 21.1 Å². The summed E-state index contributed by atoms with van der Waals surface area (Å²) in [6.45, 7) is 4.33. The fourth-order valence-electron chi connectivity index (χ4n) is 3.68. The number of hydrazone groups is 1. The van der Waals surface area contributed by atoms with Gasteiger partial charge in [-0.25, -0.2) is 9.97 Å². The largest absolute Gasteiger partial charge is 0.360 e. The van der Waals surface area contributed by atoms with E-state index in [-0.39, 0.29) is 0 Å². The summed E-state index contributed by atoms with van der Waals surface area (Å²) >= 11 is 1.67. The molecule has 7 heteroatoms. The quantitative estimate of drug-likeness (QED) is 0.260. The third-order valence-corrected chi connectivity index (χ3v) is 6.68. The molecule has 0 atom stereocenters. The molecular weight excluding hydrogens is 416 g/mol. The number of fused-ring (bicyclic) bond motifs is 2. The number of nitrogens with one attached hydrogen (secondary N) is 2. The maximum atomic E-state index is 9.71. The highest BCUT2D eigenvalue weighted by Crippen LogP contribution is 2.32. The molecule has 3 heterocycles. The van der Waals surface area contributed by atoms with Crippen molar-refractivity contribution in [3.63, 3.8) is 0 Å². The summed E-state index contributed by atoms with van der Waals surface area (Å²) in [5.41, 5.74) is 7.07. The van der Waals surface area contributed by atoms with Gasteiger partial charge < -0.3 is 4.98 Å². The minimum Gasteiger partial charge on any atom is -0.360 e. The van der Waals surface area contributed by atoms with E-state index in [1.54, 1.807) is 23.7 Å². The third-order valence-electron chi connectivity index (χ3n) is 5.34. The highest BCUT2D eigenvalue weighted by Gasteiger charge is 2.17. The Labute approximate surface area is 189 Å². The Morgan fingerprint density at radius 2 is 1.88 bits per heavy atom. The van der Waals surface area contributed by atoms with Crippen molar-refractivity contribution in [1.29, 1.82) is 5.26 Å². The molecule has 0 saturated carbocycles. The third kappa shape index (κ3) is 3.51. The van der Waals surface area contributed by atoms with Crippen molar-refractivity contribution in [2.75, 3.05) is 5.43 Å². The molecule has 0 saturated heterocycles. The van der Waals surface area contributed by atoms with Gasteiger partial charge in [0.05, 0.1) is 17.0 Å². The van der Waals surface area contributed by atoms with Crippen molar-refractivity contribution in [3.05, 3.63) is 88.7 Å². The predicted octanol–water partition coefficient (Wildman–Crippen LogP) is 6.03. The molecule has 0 unspecified atom stereocenters. The van der Waals surface area contributed by atoms with E-state index < -0.39 is 0 Å². The first kappa shape index (κ1) is 19.9. The first-order chi connectivity index (χ1) is 15.7. The average molecular weight is 437 g/mol. The molecule has 156 valence electrons. The van der Waals surface area contributed by atoms with Gasteiger partial charge in [-0.15, -0.1) is 11.3 Å². The standard InChI is InChI=1S/C25H20N6S/c1-15(2)22-11-19-24(28-14-29-25(19)32-22)31-30-23(17-8-4-3-7-16(17)12-26)20-13-27-21-10-6-5-9-18(20)21/h3-11,13-15,27H,1-2H3,(H,28,29,31). The summed E-state index contributed by atoms with van der Waals surface area (Å²) in [5.74, 6) is 1.06. The highest BCUT2D eigenvalue weighted by molar-refractivity contribution is 7.18. The Hall–Kier alpha value is -4.02. The van der Waals surface area contributed by atoms with Gasteiger partial charge in [0.25, 0.3) is 0 Å². The van der Waals surface area contributed by atoms with Gasteiger partial charge in [-0.3, -0.25) is 5.43 Å². The summed E-state index contributed by atoms with van der Waals surface area (Å²) in [4.78, 5) is 14.3. The summed E-state index contributed by atoms with van der Waals surface area (Å²) < 4.78 is 0. The lowest BCUT2D eigenvalue weighted by Gasteiger charge is -2.09. The van der Waals surface area contributed by atoms with Crippen molar-refractivity contribution in [2.24, 2.45) is 5.10 Å². The van der Waals surface area contributed by atoms with Gasteiger partial charge in [0.2, 0.25) is 0 Å². The molecule has 0 spiro atoms. The number of anilines is 1. The molecule has 0 amide bonds. The number of aromatic amines is 1. The van der Waals surface area contributed by atoms with Gasteiger partial charge in [0.1, 0.15) is 16.9 Å². The number of benzene rings is 2. The number of hydrogen-bond acceptors (Lipinski definition) is 6. The molecule has 0 aliphatic carbocycles. The molecule has 32 heavy (non-hydrogen) atoms. The van der Waals surface area contributed by atoms with Gasteiger partial charge in [-0.2, -0.15) is 10.4 Å². The van der Waals surface area contributed by atoms with Crippen molar-refractivity contribution >= 4 is 44.0 Å². The zero-order chi connectivity index (χ0) is 22.1. The smallest absolute Gasteiger partial charge is 0.158 e. The molecule has 5 rings (SSSR count). The van der Waals surface area contributed by atoms with Crippen molar-refractivity contribution < 1.29 is 0 Å². The van der Waals surface area contributed by atoms with Crippen LogP contribution in [0.4, 0.5) is 5.82 Å². The van der Waals surface area contributed by atoms with Gasteiger partial charge in [0.15, 0.2) is 5.82 Å². The molecule has 3 aromatic heterocycles. The van der Waals surface area contributed by atoms with Crippen molar-refractivity contribution in [1.82, 2.24) is 15.0 Å². The van der Waals surface area contributed by atoms with Crippen molar-refractivity contribution in [2.45, 2.75) is 19.8 Å². The molecule has 0 bridgehead atoms. The van der Waals surface area contributed by atoms with E-state index in [1.807, 2.05) is 48.7 Å². The van der Waals surface area contributed by atoms with E-state index in [0.717, 1.165) is 32.2 Å². The van der Waals surface area contributed by atoms with E-state index in [2.05, 4.69) is 46.4 Å². The summed E-state index contributed by atoms with van der Waals surface area (Å²) in [5, 5.41) is 16.5. The van der Waals surface area contributed by atoms with Crippen LogP contribution in [-0.2, 0) is 0 Å². The number of nitriles is 1. The second kappa shape index (κ2) is 8.25.